The Balaban J connectivity index is 1.44. The van der Waals surface area contributed by atoms with Crippen molar-refractivity contribution in [2.45, 2.75) is 76.2 Å². The van der Waals surface area contributed by atoms with E-state index < -0.39 is 27.3 Å². The predicted octanol–water partition coefficient (Wildman–Crippen LogP) is 5.39. The second kappa shape index (κ2) is 11.1. The molecule has 3 heterocycles. The summed E-state index contributed by atoms with van der Waals surface area (Å²) >= 11 is 0. The van der Waals surface area contributed by atoms with E-state index in [1.165, 1.54) is 24.3 Å². The lowest BCUT2D eigenvalue weighted by Gasteiger charge is -2.34. The Hall–Kier alpha value is -3.74. The van der Waals surface area contributed by atoms with Crippen LogP contribution in [0.2, 0.25) is 0 Å². The summed E-state index contributed by atoms with van der Waals surface area (Å²) in [6.07, 6.45) is 6.32. The molecule has 0 bridgehead atoms. The van der Waals surface area contributed by atoms with Gasteiger partial charge < -0.3 is 14.4 Å². The number of pyridine rings is 1. The quantitative estimate of drug-likeness (QED) is 0.399. The number of benzene rings is 1. The zero-order valence-electron chi connectivity index (χ0n) is 25.0. The third-order valence-corrected chi connectivity index (χ3v) is 9.76. The maximum absolute atomic E-state index is 14.0. The molecule has 13 heteroatoms. The number of aromatic nitrogens is 1. The van der Waals surface area contributed by atoms with Crippen molar-refractivity contribution in [2.75, 3.05) is 30.2 Å². The van der Waals surface area contributed by atoms with Crippen molar-refractivity contribution < 1.29 is 31.5 Å². The van der Waals surface area contributed by atoms with Gasteiger partial charge in [0.15, 0.2) is 5.82 Å². The fraction of sp³-hybridized carbons (Fsp3) is 0.500. The van der Waals surface area contributed by atoms with Gasteiger partial charge >= 0.3 is 0 Å². The number of sulfonamides is 1. The fourth-order valence-corrected chi connectivity index (χ4v) is 6.54. The number of amides is 1. The SMILES string of the molecule is COc1cc(C)ccc1S(=O)(=O)NC(=O)c1ccc(N2C=CCC(OCC3(C(C)(F)F)CC3)=N2)nc1N1CCCC1(C)C. The molecular weight excluding hydrogens is 580 g/mol. The molecule has 1 saturated heterocycles. The Morgan fingerprint density at radius 2 is 1.91 bits per heavy atom. The van der Waals surface area contributed by atoms with Gasteiger partial charge in [0.25, 0.3) is 21.9 Å². The minimum Gasteiger partial charge on any atom is -0.495 e. The molecule has 1 aliphatic carbocycles. The molecule has 2 aliphatic heterocycles. The summed E-state index contributed by atoms with van der Waals surface area (Å²) in [4.78, 5) is 20.2. The first-order valence-corrected chi connectivity index (χ1v) is 15.7. The number of nitrogens with zero attached hydrogens (tertiary/aromatic N) is 4. The highest BCUT2D eigenvalue weighted by molar-refractivity contribution is 7.90. The van der Waals surface area contributed by atoms with E-state index in [1.807, 2.05) is 18.7 Å². The van der Waals surface area contributed by atoms with Crippen molar-refractivity contribution in [3.63, 3.8) is 0 Å². The molecule has 2 aromatic rings. The second-order valence-electron chi connectivity index (χ2n) is 12.1. The lowest BCUT2D eigenvalue weighted by Crippen LogP contribution is -2.41. The number of carbonyl (C=O) groups is 1. The first kappa shape index (κ1) is 30.7. The number of hydrogen-bond acceptors (Lipinski definition) is 9. The first-order valence-electron chi connectivity index (χ1n) is 14.2. The number of hydrazone groups is 1. The van der Waals surface area contributed by atoms with Crippen molar-refractivity contribution in [2.24, 2.45) is 10.5 Å². The van der Waals surface area contributed by atoms with Gasteiger partial charge in [0.1, 0.15) is 23.1 Å². The number of methoxy groups -OCH3 is 1. The summed E-state index contributed by atoms with van der Waals surface area (Å²) in [5.41, 5.74) is -0.625. The van der Waals surface area contributed by atoms with Crippen LogP contribution in [0.25, 0.3) is 0 Å². The van der Waals surface area contributed by atoms with Gasteiger partial charge in [-0.25, -0.2) is 31.9 Å². The minimum atomic E-state index is -4.28. The molecule has 2 fully saturated rings. The predicted molar refractivity (Wildman–Crippen MR) is 159 cm³/mol. The van der Waals surface area contributed by atoms with Crippen LogP contribution in [-0.4, -0.2) is 56.9 Å². The summed E-state index contributed by atoms with van der Waals surface area (Å²) in [5, 5.41) is 5.94. The molecule has 1 saturated carbocycles. The minimum absolute atomic E-state index is 0.0793. The van der Waals surface area contributed by atoms with Crippen LogP contribution in [0.15, 0.2) is 52.6 Å². The highest BCUT2D eigenvalue weighted by atomic mass is 32.2. The van der Waals surface area contributed by atoms with E-state index in [9.17, 15) is 22.0 Å². The van der Waals surface area contributed by atoms with Crippen LogP contribution in [0.3, 0.4) is 0 Å². The molecule has 1 N–H and O–H groups in total. The Morgan fingerprint density at radius 1 is 1.16 bits per heavy atom. The van der Waals surface area contributed by atoms with Crippen LogP contribution in [-0.2, 0) is 14.8 Å². The molecule has 0 atom stereocenters. The number of aryl methyl sites for hydroxylation is 1. The average molecular weight is 618 g/mol. The Bertz CT molecular complexity index is 1580. The summed E-state index contributed by atoms with van der Waals surface area (Å²) < 4.78 is 67.8. The van der Waals surface area contributed by atoms with Gasteiger partial charge in [-0.1, -0.05) is 12.1 Å². The molecule has 5 rings (SSSR count). The van der Waals surface area contributed by atoms with E-state index >= 15 is 0 Å². The molecule has 43 heavy (non-hydrogen) atoms. The zero-order valence-corrected chi connectivity index (χ0v) is 25.8. The van der Waals surface area contributed by atoms with Gasteiger partial charge in [0.2, 0.25) is 5.90 Å². The lowest BCUT2D eigenvalue weighted by molar-refractivity contribution is -0.0727. The monoisotopic (exact) mass is 617 g/mol. The summed E-state index contributed by atoms with van der Waals surface area (Å²) in [6, 6.07) is 7.66. The number of alkyl halides is 2. The second-order valence-corrected chi connectivity index (χ2v) is 13.7. The Morgan fingerprint density at radius 3 is 2.53 bits per heavy atom. The van der Waals surface area contributed by atoms with Crippen LogP contribution in [0, 0.1) is 12.3 Å². The van der Waals surface area contributed by atoms with Gasteiger partial charge in [-0.05, 0) is 76.3 Å². The fourth-order valence-electron chi connectivity index (χ4n) is 5.42. The highest BCUT2D eigenvalue weighted by Crippen LogP contribution is 2.56. The van der Waals surface area contributed by atoms with Crippen LogP contribution < -0.4 is 19.4 Å². The first-order chi connectivity index (χ1) is 20.2. The molecule has 10 nitrogen and oxygen atoms in total. The van der Waals surface area contributed by atoms with Crippen LogP contribution in [0.4, 0.5) is 20.4 Å². The number of anilines is 2. The largest absolute Gasteiger partial charge is 0.495 e. The molecule has 0 unspecified atom stereocenters. The number of ether oxygens (including phenoxy) is 2. The van der Waals surface area contributed by atoms with E-state index in [4.69, 9.17) is 14.5 Å². The highest BCUT2D eigenvalue weighted by Gasteiger charge is 2.59. The smallest absolute Gasteiger partial charge is 0.268 e. The maximum Gasteiger partial charge on any atom is 0.268 e. The summed E-state index contributed by atoms with van der Waals surface area (Å²) in [6.45, 7) is 7.28. The van der Waals surface area contributed by atoms with Gasteiger partial charge in [-0.2, -0.15) is 0 Å². The van der Waals surface area contributed by atoms with Gasteiger partial charge in [0, 0.05) is 31.6 Å². The molecule has 3 aliphatic rings. The number of rotatable bonds is 9. The van der Waals surface area contributed by atoms with E-state index in [1.54, 1.807) is 37.4 Å². The van der Waals surface area contributed by atoms with E-state index in [0.29, 0.717) is 37.4 Å². The van der Waals surface area contributed by atoms with Crippen LogP contribution in [0.1, 0.15) is 68.8 Å². The van der Waals surface area contributed by atoms with Crippen molar-refractivity contribution in [3.8, 4) is 5.75 Å². The van der Waals surface area contributed by atoms with Gasteiger partial charge in [0.05, 0.1) is 18.1 Å². The lowest BCUT2D eigenvalue weighted by atomic mass is 10.0. The molecular formula is C30H37F2N5O5S. The van der Waals surface area contributed by atoms with E-state index in [0.717, 1.165) is 25.3 Å². The number of carbonyl (C=O) groups excluding carboxylic acids is 1. The molecule has 1 aromatic heterocycles. The van der Waals surface area contributed by atoms with Crippen molar-refractivity contribution >= 4 is 33.5 Å². The number of halogens is 2. The maximum atomic E-state index is 14.0. The summed E-state index contributed by atoms with van der Waals surface area (Å²) in [5.74, 6) is -2.61. The molecule has 1 aromatic carbocycles. The number of nitrogens with one attached hydrogen (secondary N) is 1. The van der Waals surface area contributed by atoms with Crippen molar-refractivity contribution in [1.29, 1.82) is 0 Å². The van der Waals surface area contributed by atoms with Crippen LogP contribution >= 0.6 is 0 Å². The Kier molecular flexibility index (Phi) is 7.91. The zero-order chi connectivity index (χ0) is 31.2. The molecule has 0 radical (unpaired) electrons. The summed E-state index contributed by atoms with van der Waals surface area (Å²) in [7, 11) is -2.92. The van der Waals surface area contributed by atoms with E-state index in [2.05, 4.69) is 9.82 Å². The van der Waals surface area contributed by atoms with E-state index in [-0.39, 0.29) is 34.3 Å². The number of hydrogen-bond donors (Lipinski definition) is 1. The van der Waals surface area contributed by atoms with Crippen molar-refractivity contribution in [3.05, 3.63) is 53.7 Å². The normalized spacial score (nSPS) is 19.2. The third-order valence-electron chi connectivity index (χ3n) is 8.39. The van der Waals surface area contributed by atoms with Crippen molar-refractivity contribution in [1.82, 2.24) is 9.71 Å². The van der Waals surface area contributed by atoms with Gasteiger partial charge in [-0.15, -0.1) is 5.10 Å². The molecule has 1 amide bonds. The van der Waals surface area contributed by atoms with Crippen LogP contribution in [0.5, 0.6) is 5.75 Å². The molecule has 0 spiro atoms. The molecule has 232 valence electrons. The third kappa shape index (κ3) is 6.17. The Labute approximate surface area is 250 Å². The standard InChI is InChI=1S/C30H37F2N5O5S/c1-20-9-11-23(22(18-20)41-5)43(39,40)35-27(38)21-10-12-24(33-26(21)36-16-7-13-28(36,2)3)37-17-6-8-25(34-37)42-19-30(14-15-30)29(4,31)32/h6,9-12,17-18H,7-8,13-16,19H2,1-5H3,(H,35,38). The topological polar surface area (TPSA) is 113 Å². The average Bonchev–Trinajstić information content (AvgIpc) is 3.67. The van der Waals surface area contributed by atoms with Gasteiger partial charge in [-0.3, -0.25) is 4.79 Å².